The zero-order valence-electron chi connectivity index (χ0n) is 13.6. The van der Waals surface area contributed by atoms with E-state index in [-0.39, 0.29) is 29.1 Å². The lowest BCUT2D eigenvalue weighted by atomic mass is 10.1. The summed E-state index contributed by atoms with van der Waals surface area (Å²) < 4.78 is 6.25. The van der Waals surface area contributed by atoms with E-state index in [1.54, 1.807) is 18.3 Å². The number of rotatable bonds is 5. The van der Waals surface area contributed by atoms with Crippen LogP contribution in [0.3, 0.4) is 0 Å². The van der Waals surface area contributed by atoms with Gasteiger partial charge in [0.25, 0.3) is 0 Å². The van der Waals surface area contributed by atoms with Gasteiger partial charge in [0.15, 0.2) is 0 Å². The van der Waals surface area contributed by atoms with Gasteiger partial charge in [-0.15, -0.1) is 0 Å². The van der Waals surface area contributed by atoms with Crippen LogP contribution in [0.1, 0.15) is 31.1 Å². The van der Waals surface area contributed by atoms with Crippen LogP contribution in [0.4, 0.5) is 0 Å². The molecule has 0 unspecified atom stereocenters. The van der Waals surface area contributed by atoms with Crippen molar-refractivity contribution in [3.05, 3.63) is 28.9 Å². The Labute approximate surface area is 139 Å². The fourth-order valence-electron chi connectivity index (χ4n) is 2.17. The molecule has 1 atom stereocenters. The fraction of sp³-hybridized carbons (Fsp3) is 0.438. The quantitative estimate of drug-likeness (QED) is 0.851. The van der Waals surface area contributed by atoms with Gasteiger partial charge in [-0.3, -0.25) is 9.48 Å². The normalized spacial score (nSPS) is 12.4. The van der Waals surface area contributed by atoms with Crippen molar-refractivity contribution < 1.29 is 14.3 Å². The summed E-state index contributed by atoms with van der Waals surface area (Å²) >= 11 is 6.13. The summed E-state index contributed by atoms with van der Waals surface area (Å²) in [6.07, 6.45) is 1.59. The predicted molar refractivity (Wildman–Crippen MR) is 88.5 cm³/mol. The number of fused-ring (bicyclic) bond motifs is 1. The number of benzene rings is 1. The molecule has 124 valence electrons. The highest BCUT2D eigenvalue weighted by Crippen LogP contribution is 2.26. The van der Waals surface area contributed by atoms with Crippen molar-refractivity contribution in [3.63, 3.8) is 0 Å². The maximum Gasteiger partial charge on any atom is 0.341 e. The van der Waals surface area contributed by atoms with E-state index in [1.165, 1.54) is 11.8 Å². The van der Waals surface area contributed by atoms with Gasteiger partial charge in [-0.1, -0.05) is 25.4 Å². The molecule has 1 amide bonds. The van der Waals surface area contributed by atoms with E-state index in [9.17, 15) is 9.59 Å². The molecule has 1 aromatic heterocycles. The Bertz CT molecular complexity index is 739. The Morgan fingerprint density at radius 2 is 2.04 bits per heavy atom. The molecule has 0 aliphatic carbocycles. The molecular weight excluding hydrogens is 318 g/mol. The van der Waals surface area contributed by atoms with Gasteiger partial charge < -0.3 is 10.1 Å². The molecule has 1 aromatic carbocycles. The molecule has 23 heavy (non-hydrogen) atoms. The highest BCUT2D eigenvalue weighted by Gasteiger charge is 2.20. The molecule has 6 nitrogen and oxygen atoms in total. The SMILES string of the molecule is COC(=O)c1c(Cl)ccc2cnn(CC(=O)N[C@H](C)C(C)C)c12. The van der Waals surface area contributed by atoms with Gasteiger partial charge in [-0.2, -0.15) is 5.10 Å². The molecule has 0 fully saturated rings. The molecule has 0 saturated carbocycles. The van der Waals surface area contributed by atoms with Crippen LogP contribution in [-0.4, -0.2) is 34.8 Å². The van der Waals surface area contributed by atoms with Gasteiger partial charge in [0.05, 0.1) is 23.8 Å². The molecule has 0 radical (unpaired) electrons. The average molecular weight is 338 g/mol. The first-order chi connectivity index (χ1) is 10.8. The Kier molecular flexibility index (Phi) is 5.26. The number of amides is 1. The van der Waals surface area contributed by atoms with Crippen LogP contribution in [0.15, 0.2) is 18.3 Å². The van der Waals surface area contributed by atoms with E-state index in [0.29, 0.717) is 11.4 Å². The molecular formula is C16H20ClN3O3. The van der Waals surface area contributed by atoms with E-state index in [1.807, 2.05) is 20.8 Å². The van der Waals surface area contributed by atoms with Crippen LogP contribution < -0.4 is 5.32 Å². The third-order valence-electron chi connectivity index (χ3n) is 3.82. The molecule has 2 aromatic rings. The van der Waals surface area contributed by atoms with Crippen molar-refractivity contribution in [2.75, 3.05) is 7.11 Å². The molecule has 2 rings (SSSR count). The van der Waals surface area contributed by atoms with Crippen molar-refractivity contribution >= 4 is 34.4 Å². The minimum Gasteiger partial charge on any atom is -0.465 e. The van der Waals surface area contributed by atoms with Gasteiger partial charge in [-0.05, 0) is 25.0 Å². The van der Waals surface area contributed by atoms with Crippen molar-refractivity contribution in [2.45, 2.75) is 33.4 Å². The largest absolute Gasteiger partial charge is 0.465 e. The lowest BCUT2D eigenvalue weighted by molar-refractivity contribution is -0.122. The lowest BCUT2D eigenvalue weighted by Gasteiger charge is -2.17. The molecule has 0 aliphatic heterocycles. The Hall–Kier alpha value is -2.08. The Morgan fingerprint density at radius 3 is 2.65 bits per heavy atom. The van der Waals surface area contributed by atoms with E-state index in [2.05, 4.69) is 10.4 Å². The van der Waals surface area contributed by atoms with Crippen LogP contribution in [-0.2, 0) is 16.1 Å². The average Bonchev–Trinajstić information content (AvgIpc) is 2.89. The van der Waals surface area contributed by atoms with Crippen LogP contribution in [0.25, 0.3) is 10.9 Å². The number of carbonyl (C=O) groups is 2. The van der Waals surface area contributed by atoms with Crippen LogP contribution in [0.5, 0.6) is 0 Å². The van der Waals surface area contributed by atoms with E-state index >= 15 is 0 Å². The van der Waals surface area contributed by atoms with Gasteiger partial charge in [0.2, 0.25) is 5.91 Å². The van der Waals surface area contributed by atoms with Gasteiger partial charge in [-0.25, -0.2) is 4.79 Å². The van der Waals surface area contributed by atoms with Gasteiger partial charge in [0.1, 0.15) is 12.1 Å². The summed E-state index contributed by atoms with van der Waals surface area (Å²) in [5, 5.41) is 8.09. The topological polar surface area (TPSA) is 73.2 Å². The molecule has 0 bridgehead atoms. The maximum absolute atomic E-state index is 12.2. The molecule has 0 aliphatic rings. The fourth-order valence-corrected chi connectivity index (χ4v) is 2.40. The molecule has 0 saturated heterocycles. The number of halogens is 1. The highest BCUT2D eigenvalue weighted by molar-refractivity contribution is 6.35. The van der Waals surface area contributed by atoms with Crippen molar-refractivity contribution in [1.82, 2.24) is 15.1 Å². The molecule has 1 N–H and O–H groups in total. The van der Waals surface area contributed by atoms with E-state index in [4.69, 9.17) is 16.3 Å². The van der Waals surface area contributed by atoms with Gasteiger partial charge in [0, 0.05) is 11.4 Å². The third kappa shape index (κ3) is 3.64. The highest BCUT2D eigenvalue weighted by atomic mass is 35.5. The van der Waals surface area contributed by atoms with Crippen molar-refractivity contribution in [1.29, 1.82) is 0 Å². The van der Waals surface area contributed by atoms with E-state index in [0.717, 1.165) is 5.39 Å². The first-order valence-electron chi connectivity index (χ1n) is 7.36. The number of ether oxygens (including phenoxy) is 1. The number of carbonyl (C=O) groups excluding carboxylic acids is 2. The number of nitrogens with one attached hydrogen (secondary N) is 1. The van der Waals surface area contributed by atoms with Crippen LogP contribution in [0.2, 0.25) is 5.02 Å². The number of hydrogen-bond donors (Lipinski definition) is 1. The monoisotopic (exact) mass is 337 g/mol. The first kappa shape index (κ1) is 17.3. The second-order valence-electron chi connectivity index (χ2n) is 5.75. The third-order valence-corrected chi connectivity index (χ3v) is 4.14. The minimum atomic E-state index is -0.557. The minimum absolute atomic E-state index is 0.00486. The zero-order valence-corrected chi connectivity index (χ0v) is 14.3. The summed E-state index contributed by atoms with van der Waals surface area (Å²) in [5.74, 6) is -0.404. The molecule has 0 spiro atoms. The number of hydrogen-bond acceptors (Lipinski definition) is 4. The predicted octanol–water partition coefficient (Wildman–Crippen LogP) is 2.64. The Morgan fingerprint density at radius 1 is 1.35 bits per heavy atom. The summed E-state index contributed by atoms with van der Waals surface area (Å²) in [5.41, 5.74) is 0.713. The standard InChI is InChI=1S/C16H20ClN3O3/c1-9(2)10(3)19-13(21)8-20-15-11(7-18-20)5-6-12(17)14(15)16(22)23-4/h5-7,9-10H,8H2,1-4H3,(H,19,21)/t10-/m1/s1. The first-order valence-corrected chi connectivity index (χ1v) is 7.74. The van der Waals surface area contributed by atoms with Crippen molar-refractivity contribution in [3.8, 4) is 0 Å². The number of nitrogens with zero attached hydrogens (tertiary/aromatic N) is 2. The zero-order chi connectivity index (χ0) is 17.1. The Balaban J connectivity index is 2.37. The molecule has 7 heteroatoms. The summed E-state index contributed by atoms with van der Waals surface area (Å²) in [6.45, 7) is 6.01. The summed E-state index contributed by atoms with van der Waals surface area (Å²) in [6, 6.07) is 3.42. The number of aromatic nitrogens is 2. The van der Waals surface area contributed by atoms with Crippen LogP contribution in [0, 0.1) is 5.92 Å². The van der Waals surface area contributed by atoms with Gasteiger partial charge >= 0.3 is 5.97 Å². The van der Waals surface area contributed by atoms with Crippen LogP contribution >= 0.6 is 11.6 Å². The second-order valence-corrected chi connectivity index (χ2v) is 6.16. The van der Waals surface area contributed by atoms with E-state index < -0.39 is 5.97 Å². The number of esters is 1. The number of methoxy groups -OCH3 is 1. The second kappa shape index (κ2) is 7.00. The summed E-state index contributed by atoms with van der Waals surface area (Å²) in [4.78, 5) is 24.2. The van der Waals surface area contributed by atoms with Crippen molar-refractivity contribution in [2.24, 2.45) is 5.92 Å². The molecule has 1 heterocycles. The summed E-state index contributed by atoms with van der Waals surface area (Å²) in [7, 11) is 1.29. The lowest BCUT2D eigenvalue weighted by Crippen LogP contribution is -2.38. The smallest absolute Gasteiger partial charge is 0.341 e. The maximum atomic E-state index is 12.2.